The Morgan fingerprint density at radius 1 is 1.00 bits per heavy atom. The first-order valence-electron chi connectivity index (χ1n) is 11.2. The molecule has 2 fully saturated rings. The molecule has 8 nitrogen and oxygen atoms in total. The van der Waals surface area contributed by atoms with Gasteiger partial charge in [0.15, 0.2) is 5.76 Å². The van der Waals surface area contributed by atoms with E-state index in [1.165, 1.54) is 19.3 Å². The fourth-order valence-corrected chi connectivity index (χ4v) is 4.17. The summed E-state index contributed by atoms with van der Waals surface area (Å²) in [5.74, 6) is 0.939. The number of urea groups is 1. The third kappa shape index (κ3) is 6.78. The summed E-state index contributed by atoms with van der Waals surface area (Å²) in [5, 5.41) is 8.86. The van der Waals surface area contributed by atoms with E-state index in [0.717, 1.165) is 25.7 Å². The summed E-state index contributed by atoms with van der Waals surface area (Å²) < 4.78 is 5.35. The second-order valence-corrected chi connectivity index (χ2v) is 8.38. The number of carbonyl (C=O) groups excluding carboxylic acids is 3. The Bertz CT molecular complexity index is 718. The molecule has 3 rings (SSSR count). The van der Waals surface area contributed by atoms with Gasteiger partial charge in [0.05, 0.1) is 0 Å². The van der Waals surface area contributed by atoms with Crippen LogP contribution in [-0.2, 0) is 4.79 Å². The van der Waals surface area contributed by atoms with Crippen molar-refractivity contribution in [1.29, 1.82) is 0 Å². The van der Waals surface area contributed by atoms with E-state index < -0.39 is 0 Å². The summed E-state index contributed by atoms with van der Waals surface area (Å²) in [6, 6.07) is 3.66. The summed E-state index contributed by atoms with van der Waals surface area (Å²) in [6.45, 7) is 3.58. The predicted molar refractivity (Wildman–Crippen MR) is 113 cm³/mol. The van der Waals surface area contributed by atoms with Crippen molar-refractivity contribution in [1.82, 2.24) is 20.9 Å². The van der Waals surface area contributed by atoms with Crippen molar-refractivity contribution in [2.24, 2.45) is 0 Å². The largest absolute Gasteiger partial charge is 0.456 e. The Morgan fingerprint density at radius 3 is 2.37 bits per heavy atom. The first kappa shape index (κ1) is 22.2. The Kier molecular flexibility index (Phi) is 8.16. The Labute approximate surface area is 178 Å². The van der Waals surface area contributed by atoms with Gasteiger partial charge < -0.3 is 25.3 Å². The summed E-state index contributed by atoms with van der Waals surface area (Å²) >= 11 is 0. The highest BCUT2D eigenvalue weighted by molar-refractivity contribution is 5.91. The molecule has 1 aliphatic carbocycles. The van der Waals surface area contributed by atoms with Crippen LogP contribution in [0.5, 0.6) is 0 Å². The first-order valence-corrected chi connectivity index (χ1v) is 11.2. The van der Waals surface area contributed by atoms with E-state index in [9.17, 15) is 14.4 Å². The molecule has 1 aliphatic heterocycles. The van der Waals surface area contributed by atoms with Crippen molar-refractivity contribution in [3.8, 4) is 0 Å². The molecule has 8 heteroatoms. The quantitative estimate of drug-likeness (QED) is 0.592. The molecular formula is C22H34N4O4. The van der Waals surface area contributed by atoms with Crippen molar-refractivity contribution in [2.45, 2.75) is 76.8 Å². The van der Waals surface area contributed by atoms with E-state index in [1.807, 2.05) is 4.90 Å². The summed E-state index contributed by atoms with van der Waals surface area (Å²) in [4.78, 5) is 38.4. The van der Waals surface area contributed by atoms with Crippen molar-refractivity contribution < 1.29 is 18.8 Å². The van der Waals surface area contributed by atoms with Crippen molar-refractivity contribution in [3.63, 3.8) is 0 Å². The molecule has 4 amide bonds. The van der Waals surface area contributed by atoms with Gasteiger partial charge in [-0.2, -0.15) is 0 Å². The van der Waals surface area contributed by atoms with Gasteiger partial charge in [-0.05, 0) is 51.2 Å². The number of hydrogen-bond donors (Lipinski definition) is 3. The molecule has 0 bridgehead atoms. The summed E-state index contributed by atoms with van der Waals surface area (Å²) in [7, 11) is 0. The molecule has 1 saturated carbocycles. The molecule has 0 atom stereocenters. The van der Waals surface area contributed by atoms with E-state index in [4.69, 9.17) is 4.42 Å². The topological polar surface area (TPSA) is 104 Å². The zero-order chi connectivity index (χ0) is 21.3. The van der Waals surface area contributed by atoms with Crippen molar-refractivity contribution in [2.75, 3.05) is 19.6 Å². The highest BCUT2D eigenvalue weighted by Crippen LogP contribution is 2.17. The highest BCUT2D eigenvalue weighted by Gasteiger charge is 2.24. The Balaban J connectivity index is 1.27. The molecule has 166 valence electrons. The second-order valence-electron chi connectivity index (χ2n) is 8.38. The second kappa shape index (κ2) is 11.0. The van der Waals surface area contributed by atoms with Crippen LogP contribution in [0.1, 0.15) is 74.1 Å². The van der Waals surface area contributed by atoms with Crippen LogP contribution in [-0.4, -0.2) is 54.5 Å². The molecule has 1 aromatic rings. The maximum absolute atomic E-state index is 12.4. The van der Waals surface area contributed by atoms with Crippen LogP contribution in [0.15, 0.2) is 16.5 Å². The smallest absolute Gasteiger partial charge is 0.315 e. The van der Waals surface area contributed by atoms with Gasteiger partial charge in [0, 0.05) is 38.1 Å². The monoisotopic (exact) mass is 418 g/mol. The Morgan fingerprint density at radius 2 is 1.70 bits per heavy atom. The fourth-order valence-electron chi connectivity index (χ4n) is 4.17. The molecule has 2 heterocycles. The van der Waals surface area contributed by atoms with Gasteiger partial charge in [0.25, 0.3) is 5.91 Å². The molecule has 1 aromatic heterocycles. The number of nitrogens with one attached hydrogen (secondary N) is 3. The lowest BCUT2D eigenvalue weighted by Crippen LogP contribution is -2.46. The number of furan rings is 1. The SMILES string of the molecule is Cc1ccc(C(=O)NC2CCN(C(=O)CCCNC(=O)NC3CCCCC3)CC2)o1. The average Bonchev–Trinajstić information content (AvgIpc) is 3.19. The van der Waals surface area contributed by atoms with E-state index in [1.54, 1.807) is 19.1 Å². The molecular weight excluding hydrogens is 384 g/mol. The van der Waals surface area contributed by atoms with Gasteiger partial charge in [0.2, 0.25) is 5.91 Å². The molecule has 0 radical (unpaired) electrons. The molecule has 0 unspecified atom stereocenters. The highest BCUT2D eigenvalue weighted by atomic mass is 16.3. The van der Waals surface area contributed by atoms with E-state index in [-0.39, 0.29) is 23.9 Å². The molecule has 30 heavy (non-hydrogen) atoms. The zero-order valence-electron chi connectivity index (χ0n) is 17.9. The zero-order valence-corrected chi connectivity index (χ0v) is 17.9. The third-order valence-electron chi connectivity index (χ3n) is 5.94. The minimum Gasteiger partial charge on any atom is -0.456 e. The summed E-state index contributed by atoms with van der Waals surface area (Å²) in [5.41, 5.74) is 0. The van der Waals surface area contributed by atoms with Gasteiger partial charge in [-0.15, -0.1) is 0 Å². The van der Waals surface area contributed by atoms with Crippen LogP contribution in [0, 0.1) is 6.92 Å². The number of aryl methyl sites for hydroxylation is 1. The normalized spacial score (nSPS) is 18.1. The van der Waals surface area contributed by atoms with Crippen molar-refractivity contribution >= 4 is 17.8 Å². The van der Waals surface area contributed by atoms with Crippen LogP contribution in [0.4, 0.5) is 4.79 Å². The van der Waals surface area contributed by atoms with Crippen LogP contribution >= 0.6 is 0 Å². The fraction of sp³-hybridized carbons (Fsp3) is 0.682. The lowest BCUT2D eigenvalue weighted by Gasteiger charge is -2.32. The lowest BCUT2D eigenvalue weighted by atomic mass is 9.96. The molecule has 3 N–H and O–H groups in total. The van der Waals surface area contributed by atoms with Gasteiger partial charge in [-0.3, -0.25) is 9.59 Å². The number of hydrogen-bond acceptors (Lipinski definition) is 4. The number of nitrogens with zero attached hydrogens (tertiary/aromatic N) is 1. The first-order chi connectivity index (χ1) is 14.5. The van der Waals surface area contributed by atoms with Crippen LogP contribution < -0.4 is 16.0 Å². The average molecular weight is 419 g/mol. The minimum atomic E-state index is -0.203. The van der Waals surface area contributed by atoms with E-state index >= 15 is 0 Å². The lowest BCUT2D eigenvalue weighted by molar-refractivity contribution is -0.132. The maximum Gasteiger partial charge on any atom is 0.315 e. The Hall–Kier alpha value is -2.51. The number of carbonyl (C=O) groups is 3. The molecule has 1 saturated heterocycles. The summed E-state index contributed by atoms with van der Waals surface area (Å²) in [6.07, 6.45) is 8.27. The van der Waals surface area contributed by atoms with E-state index in [2.05, 4.69) is 16.0 Å². The number of rotatable bonds is 7. The van der Waals surface area contributed by atoms with Crippen LogP contribution in [0.2, 0.25) is 0 Å². The number of likely N-dealkylation sites (tertiary alicyclic amines) is 1. The third-order valence-corrected chi connectivity index (χ3v) is 5.94. The van der Waals surface area contributed by atoms with Crippen LogP contribution in [0.25, 0.3) is 0 Å². The number of piperidine rings is 1. The van der Waals surface area contributed by atoms with Gasteiger partial charge in [-0.1, -0.05) is 19.3 Å². The molecule has 0 aromatic carbocycles. The maximum atomic E-state index is 12.4. The standard InChI is InChI=1S/C22H34N4O4/c1-16-9-10-19(30-16)21(28)24-18-11-14-26(15-12-18)20(27)8-5-13-23-22(29)25-17-6-3-2-4-7-17/h9-10,17-18H,2-8,11-15H2,1H3,(H,24,28)(H2,23,25,29). The van der Waals surface area contributed by atoms with Crippen molar-refractivity contribution in [3.05, 3.63) is 23.7 Å². The minimum absolute atomic E-state index is 0.0529. The number of amides is 4. The molecule has 0 spiro atoms. The molecule has 2 aliphatic rings. The van der Waals surface area contributed by atoms with Gasteiger partial charge in [-0.25, -0.2) is 4.79 Å². The van der Waals surface area contributed by atoms with E-state index in [0.29, 0.717) is 50.0 Å². The van der Waals surface area contributed by atoms with Gasteiger partial charge >= 0.3 is 6.03 Å². The van der Waals surface area contributed by atoms with Gasteiger partial charge in [0.1, 0.15) is 5.76 Å². The predicted octanol–water partition coefficient (Wildman–Crippen LogP) is 2.72. The van der Waals surface area contributed by atoms with Crippen LogP contribution in [0.3, 0.4) is 0 Å².